The van der Waals surface area contributed by atoms with E-state index < -0.39 is 0 Å². The predicted octanol–water partition coefficient (Wildman–Crippen LogP) is 1.50. The molecule has 1 N–H and O–H groups in total. The van der Waals surface area contributed by atoms with Gasteiger partial charge in [0, 0.05) is 17.5 Å². The van der Waals surface area contributed by atoms with Crippen molar-refractivity contribution in [2.45, 2.75) is 31.2 Å². The summed E-state index contributed by atoms with van der Waals surface area (Å²) in [6, 6.07) is 7.52. The highest BCUT2D eigenvalue weighted by Crippen LogP contribution is 2.34. The van der Waals surface area contributed by atoms with E-state index in [0.717, 1.165) is 10.6 Å². The molecule has 0 bridgehead atoms. The lowest BCUT2D eigenvalue weighted by molar-refractivity contribution is -0.134. The standard InChI is InChI=1S/C17H23N3O3S/c1-17(2,3)18-14(21)9-19(4)15(22)10-20-12-7-5-6-8-13(12)24-11-16(20)23/h5-8H,9-11H2,1-4H3,(H,18,21). The first kappa shape index (κ1) is 18.3. The number of hydrogen-bond acceptors (Lipinski definition) is 4. The van der Waals surface area contributed by atoms with Crippen LogP contribution < -0.4 is 10.2 Å². The van der Waals surface area contributed by atoms with E-state index in [9.17, 15) is 14.4 Å². The van der Waals surface area contributed by atoms with Gasteiger partial charge in [0.2, 0.25) is 17.7 Å². The van der Waals surface area contributed by atoms with Crippen molar-refractivity contribution in [3.8, 4) is 0 Å². The van der Waals surface area contributed by atoms with Crippen LogP contribution in [0.5, 0.6) is 0 Å². The fraction of sp³-hybridized carbons (Fsp3) is 0.471. The van der Waals surface area contributed by atoms with Crippen molar-refractivity contribution in [3.63, 3.8) is 0 Å². The minimum Gasteiger partial charge on any atom is -0.350 e. The molecule has 130 valence electrons. The number of nitrogens with zero attached hydrogens (tertiary/aromatic N) is 2. The molecule has 0 aliphatic carbocycles. The molecule has 0 fully saturated rings. The summed E-state index contributed by atoms with van der Waals surface area (Å²) in [4.78, 5) is 40.4. The fourth-order valence-corrected chi connectivity index (χ4v) is 3.28. The predicted molar refractivity (Wildman–Crippen MR) is 95.1 cm³/mol. The molecule has 0 saturated carbocycles. The van der Waals surface area contributed by atoms with Crippen LogP contribution in [0.2, 0.25) is 0 Å². The molecule has 0 spiro atoms. The molecular weight excluding hydrogens is 326 g/mol. The molecule has 0 radical (unpaired) electrons. The number of benzene rings is 1. The van der Waals surface area contributed by atoms with Gasteiger partial charge in [-0.2, -0.15) is 0 Å². The Morgan fingerprint density at radius 3 is 2.62 bits per heavy atom. The Bertz CT molecular complexity index is 655. The highest BCUT2D eigenvalue weighted by Gasteiger charge is 2.27. The maximum absolute atomic E-state index is 12.4. The molecule has 2 rings (SSSR count). The molecule has 0 unspecified atom stereocenters. The number of rotatable bonds is 4. The zero-order chi connectivity index (χ0) is 17.9. The van der Waals surface area contributed by atoms with Gasteiger partial charge in [-0.25, -0.2) is 0 Å². The second-order valence-electron chi connectivity index (χ2n) is 6.78. The average Bonchev–Trinajstić information content (AvgIpc) is 2.48. The van der Waals surface area contributed by atoms with Gasteiger partial charge in [-0.05, 0) is 32.9 Å². The van der Waals surface area contributed by atoms with E-state index in [4.69, 9.17) is 0 Å². The maximum atomic E-state index is 12.4. The summed E-state index contributed by atoms with van der Waals surface area (Å²) in [6.45, 7) is 5.55. The van der Waals surface area contributed by atoms with Gasteiger partial charge in [-0.1, -0.05) is 12.1 Å². The molecule has 1 aromatic rings. The second kappa shape index (κ2) is 7.25. The van der Waals surface area contributed by atoms with Gasteiger partial charge in [0.25, 0.3) is 0 Å². The Balaban J connectivity index is 2.01. The Kier molecular flexibility index (Phi) is 5.54. The molecule has 1 aliphatic heterocycles. The van der Waals surface area contributed by atoms with Gasteiger partial charge >= 0.3 is 0 Å². The average molecular weight is 349 g/mol. The van der Waals surface area contributed by atoms with Crippen LogP contribution in [0.15, 0.2) is 29.2 Å². The minimum absolute atomic E-state index is 0.0332. The molecule has 6 nitrogen and oxygen atoms in total. The van der Waals surface area contributed by atoms with Gasteiger partial charge in [0.15, 0.2) is 0 Å². The molecule has 0 saturated heterocycles. The Morgan fingerprint density at radius 2 is 1.96 bits per heavy atom. The summed E-state index contributed by atoms with van der Waals surface area (Å²) >= 11 is 1.47. The third kappa shape index (κ3) is 4.74. The highest BCUT2D eigenvalue weighted by molar-refractivity contribution is 8.00. The van der Waals surface area contributed by atoms with Crippen LogP contribution in [-0.2, 0) is 14.4 Å². The molecule has 1 heterocycles. The SMILES string of the molecule is CN(CC(=O)NC(C)(C)C)C(=O)CN1C(=O)CSc2ccccc21. The van der Waals surface area contributed by atoms with E-state index >= 15 is 0 Å². The van der Waals surface area contributed by atoms with Crippen LogP contribution in [0.25, 0.3) is 0 Å². The van der Waals surface area contributed by atoms with Gasteiger partial charge in [0.1, 0.15) is 6.54 Å². The lowest BCUT2D eigenvalue weighted by Crippen LogP contribution is -2.49. The fourth-order valence-electron chi connectivity index (χ4n) is 2.34. The molecule has 24 heavy (non-hydrogen) atoms. The lowest BCUT2D eigenvalue weighted by atomic mass is 10.1. The number of anilines is 1. The van der Waals surface area contributed by atoms with Crippen molar-refractivity contribution >= 4 is 35.2 Å². The number of para-hydroxylation sites is 1. The summed E-state index contributed by atoms with van der Waals surface area (Å²) in [6.07, 6.45) is 0. The van der Waals surface area contributed by atoms with Crippen molar-refractivity contribution in [2.24, 2.45) is 0 Å². The quantitative estimate of drug-likeness (QED) is 0.894. The zero-order valence-corrected chi connectivity index (χ0v) is 15.3. The number of nitrogens with one attached hydrogen (secondary N) is 1. The lowest BCUT2D eigenvalue weighted by Gasteiger charge is -2.30. The van der Waals surface area contributed by atoms with Crippen LogP contribution in [0.3, 0.4) is 0 Å². The summed E-state index contributed by atoms with van der Waals surface area (Å²) < 4.78 is 0. The van der Waals surface area contributed by atoms with E-state index in [-0.39, 0.29) is 36.3 Å². The van der Waals surface area contributed by atoms with Crippen molar-refractivity contribution < 1.29 is 14.4 Å². The van der Waals surface area contributed by atoms with Crippen LogP contribution in [0, 0.1) is 0 Å². The summed E-state index contributed by atoms with van der Waals surface area (Å²) in [5, 5.41) is 2.82. The number of carbonyl (C=O) groups excluding carboxylic acids is 3. The molecule has 3 amide bonds. The van der Waals surface area contributed by atoms with E-state index in [1.165, 1.54) is 21.6 Å². The van der Waals surface area contributed by atoms with Crippen LogP contribution >= 0.6 is 11.8 Å². The smallest absolute Gasteiger partial charge is 0.242 e. The number of carbonyl (C=O) groups is 3. The molecule has 1 aromatic carbocycles. The topological polar surface area (TPSA) is 69.7 Å². The summed E-state index contributed by atoms with van der Waals surface area (Å²) in [5.74, 6) is -0.272. The van der Waals surface area contributed by atoms with Crippen molar-refractivity contribution in [1.82, 2.24) is 10.2 Å². The molecule has 0 atom stereocenters. The number of fused-ring (bicyclic) bond motifs is 1. The highest BCUT2D eigenvalue weighted by atomic mass is 32.2. The van der Waals surface area contributed by atoms with E-state index in [1.54, 1.807) is 7.05 Å². The van der Waals surface area contributed by atoms with Gasteiger partial charge in [-0.3, -0.25) is 14.4 Å². The summed E-state index contributed by atoms with van der Waals surface area (Å²) in [5.41, 5.74) is 0.402. The first-order chi connectivity index (χ1) is 11.2. The van der Waals surface area contributed by atoms with E-state index in [2.05, 4.69) is 5.32 Å². The monoisotopic (exact) mass is 349 g/mol. The molecular formula is C17H23N3O3S. The van der Waals surface area contributed by atoms with Crippen LogP contribution in [-0.4, -0.2) is 54.1 Å². The van der Waals surface area contributed by atoms with Gasteiger partial charge in [0.05, 0.1) is 18.0 Å². The largest absolute Gasteiger partial charge is 0.350 e. The second-order valence-corrected chi connectivity index (χ2v) is 7.80. The number of likely N-dealkylation sites (N-methyl/N-ethyl adjacent to an activating group) is 1. The molecule has 1 aliphatic rings. The van der Waals surface area contributed by atoms with Crippen LogP contribution in [0.1, 0.15) is 20.8 Å². The molecule has 7 heteroatoms. The first-order valence-corrected chi connectivity index (χ1v) is 8.73. The van der Waals surface area contributed by atoms with Crippen molar-refractivity contribution in [1.29, 1.82) is 0 Å². The third-order valence-corrected chi connectivity index (χ3v) is 4.47. The third-order valence-electron chi connectivity index (χ3n) is 3.42. The Labute approximate surface area is 146 Å². The Hall–Kier alpha value is -2.02. The van der Waals surface area contributed by atoms with Gasteiger partial charge < -0.3 is 15.1 Å². The number of thioether (sulfide) groups is 1. The summed E-state index contributed by atoms with van der Waals surface area (Å²) in [7, 11) is 1.57. The number of hydrogen-bond donors (Lipinski definition) is 1. The maximum Gasteiger partial charge on any atom is 0.242 e. The van der Waals surface area contributed by atoms with Crippen LogP contribution in [0.4, 0.5) is 5.69 Å². The van der Waals surface area contributed by atoms with Crippen molar-refractivity contribution in [2.75, 3.05) is 30.8 Å². The van der Waals surface area contributed by atoms with Gasteiger partial charge in [-0.15, -0.1) is 11.8 Å². The van der Waals surface area contributed by atoms with E-state index in [0.29, 0.717) is 5.75 Å². The number of amides is 3. The normalized spacial score (nSPS) is 14.2. The minimum atomic E-state index is -0.347. The molecule has 0 aromatic heterocycles. The zero-order valence-electron chi connectivity index (χ0n) is 14.5. The first-order valence-electron chi connectivity index (χ1n) is 7.74. The Morgan fingerprint density at radius 1 is 1.29 bits per heavy atom. The van der Waals surface area contributed by atoms with E-state index in [1.807, 2.05) is 45.0 Å². The van der Waals surface area contributed by atoms with Crippen molar-refractivity contribution in [3.05, 3.63) is 24.3 Å².